The molecule has 0 radical (unpaired) electrons. The van der Waals surface area contributed by atoms with Crippen molar-refractivity contribution in [3.8, 4) is 5.75 Å². The van der Waals surface area contributed by atoms with Crippen LogP contribution in [0.15, 0.2) is 24.7 Å². The molecule has 0 aliphatic rings. The largest absolute Gasteiger partial charge is 0.496 e. The maximum absolute atomic E-state index is 10.7. The van der Waals surface area contributed by atoms with E-state index < -0.39 is 6.10 Å². The van der Waals surface area contributed by atoms with E-state index in [0.29, 0.717) is 0 Å². The number of hydrogen-bond acceptors (Lipinski definition) is 3. The Labute approximate surface area is 120 Å². The quantitative estimate of drug-likeness (QED) is 0.911. The van der Waals surface area contributed by atoms with Gasteiger partial charge in [0.25, 0.3) is 0 Å². The number of rotatable bonds is 5. The fourth-order valence-electron chi connectivity index (χ4n) is 2.47. The van der Waals surface area contributed by atoms with Gasteiger partial charge in [-0.1, -0.05) is 6.92 Å². The minimum Gasteiger partial charge on any atom is -0.496 e. The molecule has 0 saturated heterocycles. The highest BCUT2D eigenvalue weighted by atomic mass is 16.5. The fraction of sp³-hybridized carbons (Fsp3) is 0.438. The molecular weight excluding hydrogens is 252 g/mol. The Morgan fingerprint density at radius 3 is 2.70 bits per heavy atom. The molecule has 4 nitrogen and oxygen atoms in total. The highest BCUT2D eigenvalue weighted by Crippen LogP contribution is 2.30. The second kappa shape index (κ2) is 6.09. The van der Waals surface area contributed by atoms with Gasteiger partial charge in [-0.15, -0.1) is 0 Å². The predicted molar refractivity (Wildman–Crippen MR) is 79.0 cm³/mol. The Kier molecular flexibility index (Phi) is 4.45. The molecule has 0 aliphatic heterocycles. The van der Waals surface area contributed by atoms with Crippen molar-refractivity contribution >= 4 is 0 Å². The van der Waals surface area contributed by atoms with Gasteiger partial charge in [0.1, 0.15) is 11.9 Å². The molecule has 4 heteroatoms. The summed E-state index contributed by atoms with van der Waals surface area (Å²) in [7, 11) is 1.66. The zero-order valence-corrected chi connectivity index (χ0v) is 12.6. The van der Waals surface area contributed by atoms with Crippen LogP contribution in [-0.4, -0.2) is 21.8 Å². The second-order valence-corrected chi connectivity index (χ2v) is 5.09. The van der Waals surface area contributed by atoms with Crippen molar-refractivity contribution in [1.29, 1.82) is 0 Å². The normalized spacial score (nSPS) is 12.4. The lowest BCUT2D eigenvalue weighted by molar-refractivity contribution is 0.208. The summed E-state index contributed by atoms with van der Waals surface area (Å²) in [6.45, 7) is 6.94. The van der Waals surface area contributed by atoms with E-state index in [0.717, 1.165) is 41.1 Å². The van der Waals surface area contributed by atoms with E-state index >= 15 is 0 Å². The average Bonchev–Trinajstić information content (AvgIpc) is 2.89. The molecule has 1 atom stereocenters. The maximum atomic E-state index is 10.7. The number of aromatic nitrogens is 2. The number of aliphatic hydroxyl groups excluding tert-OH is 1. The smallest absolute Gasteiger partial charge is 0.122 e. The molecule has 20 heavy (non-hydrogen) atoms. The number of benzene rings is 1. The maximum Gasteiger partial charge on any atom is 0.122 e. The molecule has 1 aromatic carbocycles. The van der Waals surface area contributed by atoms with Crippen molar-refractivity contribution in [2.45, 2.75) is 39.8 Å². The molecule has 0 aliphatic carbocycles. The third kappa shape index (κ3) is 2.70. The number of imidazole rings is 1. The van der Waals surface area contributed by atoms with E-state index in [-0.39, 0.29) is 0 Å². The van der Waals surface area contributed by atoms with Crippen LogP contribution in [0.4, 0.5) is 0 Å². The van der Waals surface area contributed by atoms with Gasteiger partial charge >= 0.3 is 0 Å². The number of ether oxygens (including phenoxy) is 1. The minimum absolute atomic E-state index is 0.659. The zero-order valence-electron chi connectivity index (χ0n) is 12.6. The lowest BCUT2D eigenvalue weighted by Gasteiger charge is -2.18. The number of aliphatic hydroxyl groups is 1. The van der Waals surface area contributed by atoms with Gasteiger partial charge in [0.05, 0.1) is 25.3 Å². The van der Waals surface area contributed by atoms with Crippen molar-refractivity contribution in [3.63, 3.8) is 0 Å². The third-order valence-corrected chi connectivity index (χ3v) is 3.57. The van der Waals surface area contributed by atoms with E-state index in [1.165, 1.54) is 0 Å². The van der Waals surface area contributed by atoms with Crippen LogP contribution in [0.5, 0.6) is 5.75 Å². The minimum atomic E-state index is -0.659. The van der Waals surface area contributed by atoms with Gasteiger partial charge in [0, 0.05) is 6.54 Å². The SMILES string of the molecule is CCCn1cncc1C(O)c1cc(C)c(OC)cc1C. The van der Waals surface area contributed by atoms with Gasteiger partial charge in [-0.05, 0) is 49.1 Å². The van der Waals surface area contributed by atoms with Crippen LogP contribution < -0.4 is 4.74 Å². The highest BCUT2D eigenvalue weighted by molar-refractivity contribution is 5.44. The first kappa shape index (κ1) is 14.6. The van der Waals surface area contributed by atoms with Gasteiger partial charge < -0.3 is 14.4 Å². The standard InChI is InChI=1S/C16H22N2O2/c1-5-6-18-10-17-9-14(18)16(19)13-7-12(3)15(20-4)8-11(13)2/h7-10,16,19H,5-6H2,1-4H3. The summed E-state index contributed by atoms with van der Waals surface area (Å²) in [6, 6.07) is 3.95. The summed E-state index contributed by atoms with van der Waals surface area (Å²) < 4.78 is 7.32. The lowest BCUT2D eigenvalue weighted by Crippen LogP contribution is -2.10. The van der Waals surface area contributed by atoms with E-state index in [1.54, 1.807) is 19.6 Å². The highest BCUT2D eigenvalue weighted by Gasteiger charge is 2.18. The molecule has 0 saturated carbocycles. The van der Waals surface area contributed by atoms with Gasteiger partial charge in [0.2, 0.25) is 0 Å². The van der Waals surface area contributed by atoms with Crippen molar-refractivity contribution in [2.75, 3.05) is 7.11 Å². The summed E-state index contributed by atoms with van der Waals surface area (Å²) in [4.78, 5) is 4.15. The van der Waals surface area contributed by atoms with Crippen LogP contribution in [0, 0.1) is 13.8 Å². The van der Waals surface area contributed by atoms with Crippen molar-refractivity contribution < 1.29 is 9.84 Å². The first-order valence-corrected chi connectivity index (χ1v) is 6.91. The number of nitrogens with zero attached hydrogens (tertiary/aromatic N) is 2. The van der Waals surface area contributed by atoms with Crippen LogP contribution in [-0.2, 0) is 6.54 Å². The first-order valence-electron chi connectivity index (χ1n) is 6.91. The van der Waals surface area contributed by atoms with Crippen LogP contribution in [0.1, 0.15) is 41.8 Å². The molecular formula is C16H22N2O2. The van der Waals surface area contributed by atoms with Crippen molar-refractivity contribution in [2.24, 2.45) is 0 Å². The zero-order chi connectivity index (χ0) is 14.7. The predicted octanol–water partition coefficient (Wildman–Crippen LogP) is 3.00. The molecule has 2 rings (SSSR count). The van der Waals surface area contributed by atoms with Gasteiger partial charge in [-0.25, -0.2) is 4.98 Å². The third-order valence-electron chi connectivity index (χ3n) is 3.57. The number of aryl methyl sites for hydroxylation is 3. The Hall–Kier alpha value is -1.81. The second-order valence-electron chi connectivity index (χ2n) is 5.09. The number of hydrogen-bond donors (Lipinski definition) is 1. The summed E-state index contributed by atoms with van der Waals surface area (Å²) in [5.41, 5.74) is 3.78. The van der Waals surface area contributed by atoms with E-state index in [9.17, 15) is 5.11 Å². The van der Waals surface area contributed by atoms with Crippen LogP contribution in [0.3, 0.4) is 0 Å². The summed E-state index contributed by atoms with van der Waals surface area (Å²) >= 11 is 0. The average molecular weight is 274 g/mol. The molecule has 0 bridgehead atoms. The Morgan fingerprint density at radius 2 is 2.05 bits per heavy atom. The Bertz CT molecular complexity index is 590. The van der Waals surface area contributed by atoms with E-state index in [4.69, 9.17) is 4.74 Å². The van der Waals surface area contributed by atoms with Crippen molar-refractivity contribution in [3.05, 3.63) is 47.0 Å². The molecule has 1 aromatic heterocycles. The molecule has 2 aromatic rings. The summed E-state index contributed by atoms with van der Waals surface area (Å²) in [5.74, 6) is 0.848. The number of methoxy groups -OCH3 is 1. The molecule has 0 fully saturated rings. The molecule has 0 amide bonds. The topological polar surface area (TPSA) is 47.3 Å². The van der Waals surface area contributed by atoms with Gasteiger partial charge in [-0.3, -0.25) is 0 Å². The Morgan fingerprint density at radius 1 is 1.30 bits per heavy atom. The molecule has 108 valence electrons. The molecule has 1 heterocycles. The van der Waals surface area contributed by atoms with Crippen LogP contribution >= 0.6 is 0 Å². The molecule has 1 unspecified atom stereocenters. The Balaban J connectivity index is 2.40. The van der Waals surface area contributed by atoms with Gasteiger partial charge in [-0.2, -0.15) is 0 Å². The lowest BCUT2D eigenvalue weighted by atomic mass is 9.98. The van der Waals surface area contributed by atoms with Crippen LogP contribution in [0.25, 0.3) is 0 Å². The van der Waals surface area contributed by atoms with E-state index in [2.05, 4.69) is 11.9 Å². The molecule has 1 N–H and O–H groups in total. The van der Waals surface area contributed by atoms with E-state index in [1.807, 2.05) is 30.5 Å². The van der Waals surface area contributed by atoms with Crippen molar-refractivity contribution in [1.82, 2.24) is 9.55 Å². The van der Waals surface area contributed by atoms with Gasteiger partial charge in [0.15, 0.2) is 0 Å². The summed E-state index contributed by atoms with van der Waals surface area (Å²) in [6.07, 6.45) is 3.86. The monoisotopic (exact) mass is 274 g/mol. The first-order chi connectivity index (χ1) is 9.58. The summed E-state index contributed by atoms with van der Waals surface area (Å²) in [5, 5.41) is 10.7. The van der Waals surface area contributed by atoms with Crippen LogP contribution in [0.2, 0.25) is 0 Å². The fourth-order valence-corrected chi connectivity index (χ4v) is 2.47. The molecule has 0 spiro atoms.